The van der Waals surface area contributed by atoms with E-state index in [1.807, 2.05) is 71.6 Å². The average molecular weight is 964 g/mol. The molecule has 3 aliphatic rings. The van der Waals surface area contributed by atoms with Gasteiger partial charge in [0.05, 0.1) is 43.1 Å². The quantitative estimate of drug-likeness (QED) is 0.0549. The summed E-state index contributed by atoms with van der Waals surface area (Å²) < 4.78 is 22.5. The molecule has 4 N–H and O–H groups in total. The van der Waals surface area contributed by atoms with Crippen LogP contribution in [0.2, 0.25) is 0 Å². The van der Waals surface area contributed by atoms with Gasteiger partial charge >= 0.3 is 6.03 Å². The van der Waals surface area contributed by atoms with Gasteiger partial charge in [0, 0.05) is 61.3 Å². The number of nitriles is 1. The van der Waals surface area contributed by atoms with Gasteiger partial charge in [0.25, 0.3) is 17.7 Å². The van der Waals surface area contributed by atoms with Crippen molar-refractivity contribution in [2.24, 2.45) is 0 Å². The first kappa shape index (κ1) is 49.2. The van der Waals surface area contributed by atoms with E-state index in [0.29, 0.717) is 31.2 Å². The van der Waals surface area contributed by atoms with Crippen molar-refractivity contribution in [3.63, 3.8) is 0 Å². The molecule has 1 atom stereocenters. The molecule has 8 rings (SSSR count). The van der Waals surface area contributed by atoms with Crippen LogP contribution >= 0.6 is 0 Å². The van der Waals surface area contributed by atoms with Crippen LogP contribution in [0.5, 0.6) is 11.6 Å². The van der Waals surface area contributed by atoms with Crippen LogP contribution in [0.25, 0.3) is 11.1 Å². The van der Waals surface area contributed by atoms with Crippen LogP contribution in [0.1, 0.15) is 70.4 Å². The van der Waals surface area contributed by atoms with Crippen molar-refractivity contribution >= 4 is 47.1 Å². The lowest BCUT2D eigenvalue weighted by molar-refractivity contribution is -0.136. The Morgan fingerprint density at radius 2 is 1.51 bits per heavy atom. The molecule has 1 unspecified atom stereocenters. The third kappa shape index (κ3) is 12.7. The van der Waals surface area contributed by atoms with Crippen LogP contribution in [-0.2, 0) is 30.4 Å². The Morgan fingerprint density at radius 3 is 2.23 bits per heavy atom. The maximum atomic E-state index is 13.9. The molecule has 19 nitrogen and oxygen atoms in total. The van der Waals surface area contributed by atoms with Crippen LogP contribution in [-0.4, -0.2) is 115 Å². The molecule has 1 saturated heterocycles. The lowest BCUT2D eigenvalue weighted by Crippen LogP contribution is -2.54. The minimum absolute atomic E-state index is 0.000518. The van der Waals surface area contributed by atoms with Gasteiger partial charge in [0.2, 0.25) is 17.7 Å². The number of nitrogens with zero attached hydrogens (tertiary/aromatic N) is 5. The van der Waals surface area contributed by atoms with Crippen molar-refractivity contribution in [1.82, 2.24) is 30.8 Å². The number of amides is 7. The summed E-state index contributed by atoms with van der Waals surface area (Å²) in [7, 11) is 0. The van der Waals surface area contributed by atoms with Gasteiger partial charge in [-0.2, -0.15) is 5.26 Å². The molecule has 366 valence electrons. The van der Waals surface area contributed by atoms with Gasteiger partial charge in [0.15, 0.2) is 6.61 Å². The highest BCUT2D eigenvalue weighted by atomic mass is 16.5. The van der Waals surface area contributed by atoms with E-state index in [1.165, 1.54) is 18.2 Å². The second-order valence-electron chi connectivity index (χ2n) is 17.0. The van der Waals surface area contributed by atoms with Crippen molar-refractivity contribution in [2.75, 3.05) is 56.4 Å². The minimum Gasteiger partial charge on any atom is -0.483 e. The predicted molar refractivity (Wildman–Crippen MR) is 258 cm³/mol. The van der Waals surface area contributed by atoms with Gasteiger partial charge in [-0.1, -0.05) is 48.5 Å². The van der Waals surface area contributed by atoms with E-state index in [0.717, 1.165) is 58.8 Å². The lowest BCUT2D eigenvalue weighted by atomic mass is 9.89. The Kier molecular flexibility index (Phi) is 16.6. The molecule has 0 bridgehead atoms. The standard InChI is InChI=1S/C52H53N9O10/c53-29-35-9-20-44(55-31-35)58-38-13-17-40(18-14-38)60(52(67)57-30-34-5-2-1-3-6-34)39-15-10-36(11-16-39)37-12-22-47(56-32-37)70-28-27-69-26-25-68-24-23-54-46(63)33-71-43-8-4-7-41-48(43)51(66)61(50(41)65)42-19-21-45(62)59-49(42)64/h1-12,15-16,20,22,31-32,38,40,42H,13-14,17-19,21,23-28,30,33H2,(H,54,63)(H,55,58)(H,57,67)(H,59,62,64). The molecule has 4 heterocycles. The summed E-state index contributed by atoms with van der Waals surface area (Å²) in [5.74, 6) is -1.85. The third-order valence-corrected chi connectivity index (χ3v) is 12.2. The predicted octanol–water partition coefficient (Wildman–Crippen LogP) is 5.16. The van der Waals surface area contributed by atoms with Crippen LogP contribution in [0.4, 0.5) is 16.3 Å². The number of benzene rings is 3. The summed E-state index contributed by atoms with van der Waals surface area (Å²) >= 11 is 0. The maximum absolute atomic E-state index is 13.9. The number of hydrogen-bond acceptors (Lipinski definition) is 14. The average Bonchev–Trinajstić information content (AvgIpc) is 3.65. The molecule has 3 aromatic carbocycles. The van der Waals surface area contributed by atoms with Crippen LogP contribution in [0.15, 0.2) is 109 Å². The van der Waals surface area contributed by atoms with Crippen molar-refractivity contribution in [3.05, 3.63) is 132 Å². The molecule has 2 aliphatic heterocycles. The van der Waals surface area contributed by atoms with Crippen molar-refractivity contribution in [3.8, 4) is 28.8 Å². The van der Waals surface area contributed by atoms with E-state index in [2.05, 4.69) is 37.3 Å². The molecule has 71 heavy (non-hydrogen) atoms. The van der Waals surface area contributed by atoms with Gasteiger partial charge in [-0.15, -0.1) is 0 Å². The zero-order valence-electron chi connectivity index (χ0n) is 38.8. The minimum atomic E-state index is -1.11. The number of nitrogens with one attached hydrogen (secondary N) is 4. The SMILES string of the molecule is N#Cc1ccc(NC2CCC(N(C(=O)NCc3ccccc3)c3ccc(-c4ccc(OCCOCCOCCNC(=O)COc5cccc6c5C(=O)N(C5CCC(=O)NC5=O)C6=O)nc4)cc3)CC2)nc1. The zero-order chi connectivity index (χ0) is 49.5. The summed E-state index contributed by atoms with van der Waals surface area (Å²) in [5.41, 5.74) is 4.16. The number of fused-ring (bicyclic) bond motifs is 1. The van der Waals surface area contributed by atoms with Gasteiger partial charge in [-0.25, -0.2) is 14.8 Å². The summed E-state index contributed by atoms with van der Waals surface area (Å²) in [6, 6.07) is 30.5. The van der Waals surface area contributed by atoms with Crippen LogP contribution in [0.3, 0.4) is 0 Å². The van der Waals surface area contributed by atoms with Gasteiger partial charge in [-0.05, 0) is 85.7 Å². The number of rotatable bonds is 21. The molecule has 2 fully saturated rings. The molecular formula is C52H53N9O10. The molecule has 19 heteroatoms. The van der Waals surface area contributed by atoms with E-state index in [9.17, 15) is 28.8 Å². The first-order chi connectivity index (χ1) is 34.6. The second-order valence-corrected chi connectivity index (χ2v) is 17.0. The van der Waals surface area contributed by atoms with Crippen molar-refractivity contribution < 1.29 is 47.7 Å². The lowest BCUT2D eigenvalue weighted by Gasteiger charge is -2.37. The summed E-state index contributed by atoms with van der Waals surface area (Å²) in [6.45, 7) is 1.53. The number of piperidine rings is 1. The van der Waals surface area contributed by atoms with Crippen LogP contribution < -0.4 is 35.6 Å². The number of aromatic nitrogens is 2. The highest BCUT2D eigenvalue weighted by Crippen LogP contribution is 2.34. The molecule has 7 amide bonds. The number of carbonyl (C=O) groups excluding carboxylic acids is 6. The monoisotopic (exact) mass is 963 g/mol. The number of urea groups is 1. The number of carbonyl (C=O) groups is 6. The fourth-order valence-corrected chi connectivity index (χ4v) is 8.62. The number of ether oxygens (including phenoxy) is 4. The number of imide groups is 2. The van der Waals surface area contributed by atoms with Crippen molar-refractivity contribution in [1.29, 1.82) is 5.26 Å². The normalized spacial score (nSPS) is 17.4. The second kappa shape index (κ2) is 23.9. The Morgan fingerprint density at radius 1 is 0.746 bits per heavy atom. The van der Waals surface area contributed by atoms with Crippen molar-refractivity contribution in [2.45, 2.75) is 63.2 Å². The summed E-state index contributed by atoms with van der Waals surface area (Å²) in [6.07, 6.45) is 6.63. The van der Waals surface area contributed by atoms with Gasteiger partial charge in [-0.3, -0.25) is 39.1 Å². The topological polar surface area (TPSA) is 244 Å². The Balaban J connectivity index is 0.723. The third-order valence-electron chi connectivity index (χ3n) is 12.2. The smallest absolute Gasteiger partial charge is 0.322 e. The molecule has 5 aromatic rings. The van der Waals surface area contributed by atoms with E-state index in [4.69, 9.17) is 24.2 Å². The first-order valence-corrected chi connectivity index (χ1v) is 23.5. The largest absolute Gasteiger partial charge is 0.483 e. The number of hydrogen-bond donors (Lipinski definition) is 4. The maximum Gasteiger partial charge on any atom is 0.322 e. The van der Waals surface area contributed by atoms with Crippen LogP contribution in [0, 0.1) is 11.3 Å². The van der Waals surface area contributed by atoms with E-state index < -0.39 is 42.2 Å². The Bertz CT molecular complexity index is 2730. The fourth-order valence-electron chi connectivity index (χ4n) is 8.62. The zero-order valence-corrected chi connectivity index (χ0v) is 38.8. The van der Waals surface area contributed by atoms with E-state index >= 15 is 0 Å². The molecule has 0 radical (unpaired) electrons. The molecule has 1 aliphatic carbocycles. The summed E-state index contributed by atoms with van der Waals surface area (Å²) in [5, 5.41) is 20.5. The molecule has 0 spiro atoms. The Labute approximate surface area is 409 Å². The van der Waals surface area contributed by atoms with E-state index in [1.54, 1.807) is 24.5 Å². The number of pyridine rings is 2. The molecule has 2 aromatic heterocycles. The Hall–Kier alpha value is -8.21. The molecule has 1 saturated carbocycles. The fraction of sp³-hybridized carbons (Fsp3) is 0.327. The first-order valence-electron chi connectivity index (χ1n) is 23.5. The summed E-state index contributed by atoms with van der Waals surface area (Å²) in [4.78, 5) is 88.1. The van der Waals surface area contributed by atoms with Gasteiger partial charge < -0.3 is 34.9 Å². The highest BCUT2D eigenvalue weighted by molar-refractivity contribution is 6.24. The highest BCUT2D eigenvalue weighted by Gasteiger charge is 2.46. The number of anilines is 2. The van der Waals surface area contributed by atoms with E-state index in [-0.39, 0.29) is 74.2 Å². The molecular weight excluding hydrogens is 911 g/mol. The van der Waals surface area contributed by atoms with Gasteiger partial charge in [0.1, 0.15) is 30.3 Å².